The third kappa shape index (κ3) is 3.49. The zero-order valence-corrected chi connectivity index (χ0v) is 14.1. The van der Waals surface area contributed by atoms with Crippen LogP contribution in [-0.4, -0.2) is 35.5 Å². The van der Waals surface area contributed by atoms with Crippen LogP contribution in [-0.2, 0) is 11.2 Å². The van der Waals surface area contributed by atoms with Crippen molar-refractivity contribution < 1.29 is 4.79 Å². The Bertz CT molecular complexity index is 490. The molecule has 3 rings (SSSR count). The highest BCUT2D eigenvalue weighted by Gasteiger charge is 2.36. The Kier molecular flexibility index (Phi) is 4.65. The van der Waals surface area contributed by atoms with E-state index in [1.165, 1.54) is 12.8 Å². The molecule has 2 atom stereocenters. The summed E-state index contributed by atoms with van der Waals surface area (Å²) < 4.78 is 1.06. The molecule has 0 radical (unpaired) electrons. The summed E-state index contributed by atoms with van der Waals surface area (Å²) in [6.45, 7) is 2.92. The van der Waals surface area contributed by atoms with Crippen LogP contribution in [0, 0.1) is 0 Å². The van der Waals surface area contributed by atoms with Gasteiger partial charge in [-0.25, -0.2) is 0 Å². The maximum absolute atomic E-state index is 12.7. The number of hydrogen-bond acceptors (Lipinski definition) is 2. The summed E-state index contributed by atoms with van der Waals surface area (Å²) in [7, 11) is 0. The number of hydrogen-bond donors (Lipinski definition) is 1. The standard InChI is InChI=1S/C17H23BrN2O/c1-2-20(16-10-14-7-8-15(11-16)19-14)17(21)9-12-3-5-13(18)6-4-12/h3-6,14-16,19H,2,7-11H2,1H3. The molecule has 4 heteroatoms. The van der Waals surface area contributed by atoms with E-state index in [1.54, 1.807) is 0 Å². The van der Waals surface area contributed by atoms with Crippen molar-refractivity contribution >= 4 is 21.8 Å². The van der Waals surface area contributed by atoms with Crippen LogP contribution in [0.5, 0.6) is 0 Å². The van der Waals surface area contributed by atoms with Gasteiger partial charge in [-0.05, 0) is 50.3 Å². The fourth-order valence-corrected chi connectivity index (χ4v) is 4.06. The maximum atomic E-state index is 12.7. The summed E-state index contributed by atoms with van der Waals surface area (Å²) in [6.07, 6.45) is 5.31. The first-order valence-electron chi connectivity index (χ1n) is 7.95. The number of amides is 1. The number of nitrogens with one attached hydrogen (secondary N) is 1. The molecule has 2 aliphatic rings. The fourth-order valence-electron chi connectivity index (χ4n) is 3.80. The third-order valence-corrected chi connectivity index (χ3v) is 5.35. The molecule has 3 nitrogen and oxygen atoms in total. The first-order chi connectivity index (χ1) is 10.2. The number of halogens is 1. The molecule has 0 aliphatic carbocycles. The van der Waals surface area contributed by atoms with Gasteiger partial charge in [-0.15, -0.1) is 0 Å². The van der Waals surface area contributed by atoms with E-state index in [1.807, 2.05) is 24.3 Å². The van der Waals surface area contributed by atoms with Crippen molar-refractivity contribution in [1.29, 1.82) is 0 Å². The van der Waals surface area contributed by atoms with Gasteiger partial charge < -0.3 is 10.2 Å². The lowest BCUT2D eigenvalue weighted by Crippen LogP contribution is -2.50. The van der Waals surface area contributed by atoms with Gasteiger partial charge in [-0.2, -0.15) is 0 Å². The quantitative estimate of drug-likeness (QED) is 0.904. The molecule has 1 aromatic rings. The molecular weight excluding hydrogens is 328 g/mol. The molecule has 0 spiro atoms. The van der Waals surface area contributed by atoms with E-state index in [0.29, 0.717) is 24.5 Å². The van der Waals surface area contributed by atoms with Crippen LogP contribution in [0.25, 0.3) is 0 Å². The van der Waals surface area contributed by atoms with E-state index in [9.17, 15) is 4.79 Å². The lowest BCUT2D eigenvalue weighted by atomic mass is 9.97. The molecule has 1 aromatic carbocycles. The molecule has 2 aliphatic heterocycles. The normalized spacial score (nSPS) is 27.6. The minimum absolute atomic E-state index is 0.270. The lowest BCUT2D eigenvalue weighted by molar-refractivity contribution is -0.133. The number of carbonyl (C=O) groups excluding carboxylic acids is 1. The molecule has 0 aromatic heterocycles. The molecule has 2 fully saturated rings. The third-order valence-electron chi connectivity index (χ3n) is 4.82. The molecular formula is C17H23BrN2O. The minimum Gasteiger partial charge on any atom is -0.340 e. The molecule has 2 saturated heterocycles. The van der Waals surface area contributed by atoms with Crippen LogP contribution < -0.4 is 5.32 Å². The van der Waals surface area contributed by atoms with E-state index >= 15 is 0 Å². The van der Waals surface area contributed by atoms with Crippen LogP contribution in [0.3, 0.4) is 0 Å². The monoisotopic (exact) mass is 350 g/mol. The van der Waals surface area contributed by atoms with Gasteiger partial charge in [0.2, 0.25) is 5.91 Å². The van der Waals surface area contributed by atoms with Gasteiger partial charge in [-0.1, -0.05) is 28.1 Å². The van der Waals surface area contributed by atoms with Gasteiger partial charge in [0, 0.05) is 29.1 Å². The van der Waals surface area contributed by atoms with Gasteiger partial charge in [0.1, 0.15) is 0 Å². The SMILES string of the molecule is CCN(C(=O)Cc1ccc(Br)cc1)C1CC2CCC(C1)N2. The first-order valence-corrected chi connectivity index (χ1v) is 8.75. The topological polar surface area (TPSA) is 32.3 Å². The van der Waals surface area contributed by atoms with Gasteiger partial charge in [0.25, 0.3) is 0 Å². The van der Waals surface area contributed by atoms with E-state index in [0.717, 1.165) is 29.4 Å². The van der Waals surface area contributed by atoms with Crippen molar-refractivity contribution in [3.05, 3.63) is 34.3 Å². The number of benzene rings is 1. The van der Waals surface area contributed by atoms with Gasteiger partial charge in [-0.3, -0.25) is 4.79 Å². The Hall–Kier alpha value is -0.870. The molecule has 1 amide bonds. The highest BCUT2D eigenvalue weighted by molar-refractivity contribution is 9.10. The molecule has 2 heterocycles. The highest BCUT2D eigenvalue weighted by Crippen LogP contribution is 2.30. The van der Waals surface area contributed by atoms with E-state index < -0.39 is 0 Å². The molecule has 2 bridgehead atoms. The summed E-state index contributed by atoms with van der Waals surface area (Å²) in [5.74, 6) is 0.270. The van der Waals surface area contributed by atoms with Crippen molar-refractivity contribution in [1.82, 2.24) is 10.2 Å². The summed E-state index contributed by atoms with van der Waals surface area (Å²) in [6, 6.07) is 9.75. The predicted molar refractivity (Wildman–Crippen MR) is 88.2 cm³/mol. The van der Waals surface area contributed by atoms with Gasteiger partial charge >= 0.3 is 0 Å². The summed E-state index contributed by atoms with van der Waals surface area (Å²) in [5.41, 5.74) is 1.10. The summed E-state index contributed by atoms with van der Waals surface area (Å²) in [5, 5.41) is 3.65. The highest BCUT2D eigenvalue weighted by atomic mass is 79.9. The van der Waals surface area contributed by atoms with E-state index in [2.05, 4.69) is 33.1 Å². The maximum Gasteiger partial charge on any atom is 0.227 e. The number of fused-ring (bicyclic) bond motifs is 2. The van der Waals surface area contributed by atoms with E-state index in [4.69, 9.17) is 0 Å². The second-order valence-corrected chi connectivity index (χ2v) is 7.16. The van der Waals surface area contributed by atoms with Crippen molar-refractivity contribution in [3.8, 4) is 0 Å². The second kappa shape index (κ2) is 6.49. The Balaban J connectivity index is 1.65. The Morgan fingerprint density at radius 3 is 2.43 bits per heavy atom. The van der Waals surface area contributed by atoms with Crippen molar-refractivity contribution in [2.45, 2.75) is 57.2 Å². The molecule has 114 valence electrons. The first kappa shape index (κ1) is 15.0. The van der Waals surface area contributed by atoms with Gasteiger partial charge in [0.15, 0.2) is 0 Å². The number of nitrogens with zero attached hydrogens (tertiary/aromatic N) is 1. The second-order valence-electron chi connectivity index (χ2n) is 6.25. The lowest BCUT2D eigenvalue weighted by Gasteiger charge is -2.37. The van der Waals surface area contributed by atoms with Crippen LogP contribution in [0.4, 0.5) is 0 Å². The predicted octanol–water partition coefficient (Wildman–Crippen LogP) is 3.12. The van der Waals surface area contributed by atoms with Crippen LogP contribution in [0.2, 0.25) is 0 Å². The number of piperidine rings is 1. The van der Waals surface area contributed by atoms with Crippen LogP contribution >= 0.6 is 15.9 Å². The molecule has 0 saturated carbocycles. The largest absolute Gasteiger partial charge is 0.340 e. The number of carbonyl (C=O) groups is 1. The van der Waals surface area contributed by atoms with Crippen LogP contribution in [0.15, 0.2) is 28.7 Å². The number of likely N-dealkylation sites (N-methyl/N-ethyl adjacent to an activating group) is 1. The van der Waals surface area contributed by atoms with E-state index in [-0.39, 0.29) is 5.91 Å². The van der Waals surface area contributed by atoms with Crippen molar-refractivity contribution in [2.75, 3.05) is 6.54 Å². The fraction of sp³-hybridized carbons (Fsp3) is 0.588. The Labute approximate surface area is 135 Å². The zero-order chi connectivity index (χ0) is 14.8. The average Bonchev–Trinajstić information content (AvgIpc) is 2.81. The van der Waals surface area contributed by atoms with Crippen LogP contribution in [0.1, 0.15) is 38.2 Å². The smallest absolute Gasteiger partial charge is 0.227 e. The minimum atomic E-state index is 0.270. The summed E-state index contributed by atoms with van der Waals surface area (Å²) >= 11 is 3.43. The van der Waals surface area contributed by atoms with Crippen molar-refractivity contribution in [2.24, 2.45) is 0 Å². The Morgan fingerprint density at radius 1 is 1.24 bits per heavy atom. The summed E-state index contributed by atoms with van der Waals surface area (Å²) in [4.78, 5) is 14.8. The zero-order valence-electron chi connectivity index (χ0n) is 12.5. The Morgan fingerprint density at radius 2 is 1.86 bits per heavy atom. The number of rotatable bonds is 4. The molecule has 2 unspecified atom stereocenters. The average molecular weight is 351 g/mol. The molecule has 1 N–H and O–H groups in total. The van der Waals surface area contributed by atoms with Crippen molar-refractivity contribution in [3.63, 3.8) is 0 Å². The van der Waals surface area contributed by atoms with Gasteiger partial charge in [0.05, 0.1) is 6.42 Å². The molecule has 21 heavy (non-hydrogen) atoms.